The summed E-state index contributed by atoms with van der Waals surface area (Å²) in [6.07, 6.45) is 3.53. The molecule has 3 aliphatic rings. The first kappa shape index (κ1) is 36.4. The van der Waals surface area contributed by atoms with E-state index in [1.54, 1.807) is 39.0 Å². The Labute approximate surface area is 297 Å². The number of aromatic amines is 1. The molecule has 3 fully saturated rings. The number of H-pyrrole nitrogens is 1. The van der Waals surface area contributed by atoms with Crippen molar-refractivity contribution in [2.24, 2.45) is 0 Å². The minimum atomic E-state index is -0.603. The lowest BCUT2D eigenvalue weighted by molar-refractivity contribution is -0.139. The number of ether oxygens (including phenoxy) is 2. The highest BCUT2D eigenvalue weighted by molar-refractivity contribution is 5.95. The molecule has 1 N–H and O–H groups in total. The van der Waals surface area contributed by atoms with Gasteiger partial charge in [0.05, 0.1) is 34.9 Å². The van der Waals surface area contributed by atoms with E-state index in [0.29, 0.717) is 67.7 Å². The van der Waals surface area contributed by atoms with E-state index in [1.807, 2.05) is 39.8 Å². The summed E-state index contributed by atoms with van der Waals surface area (Å²) in [4.78, 5) is 58.9. The first-order valence-electron chi connectivity index (χ1n) is 18.1. The Balaban J connectivity index is 0.957. The Morgan fingerprint density at radius 2 is 1.47 bits per heavy atom. The zero-order chi connectivity index (χ0) is 36.3. The third-order valence-electron chi connectivity index (χ3n) is 10.1. The van der Waals surface area contributed by atoms with Crippen LogP contribution >= 0.6 is 0 Å². The number of fused-ring (bicyclic) bond motifs is 1. The van der Waals surface area contributed by atoms with Gasteiger partial charge < -0.3 is 24.2 Å². The van der Waals surface area contributed by atoms with Crippen LogP contribution in [0.1, 0.15) is 75.0 Å². The van der Waals surface area contributed by atoms with Crippen LogP contribution < -0.4 is 5.56 Å². The zero-order valence-electron chi connectivity index (χ0n) is 30.0. The highest BCUT2D eigenvalue weighted by atomic mass is 19.1. The molecule has 12 nitrogen and oxygen atoms in total. The van der Waals surface area contributed by atoms with Crippen LogP contribution in [0.5, 0.6) is 0 Å². The van der Waals surface area contributed by atoms with Crippen molar-refractivity contribution in [2.45, 2.75) is 83.6 Å². The highest BCUT2D eigenvalue weighted by Gasteiger charge is 2.34. The number of rotatable bonds is 7. The van der Waals surface area contributed by atoms with Crippen molar-refractivity contribution in [3.05, 3.63) is 75.5 Å². The molecule has 0 bridgehead atoms. The molecule has 274 valence electrons. The number of likely N-dealkylation sites (tertiary alicyclic amines) is 2. The molecule has 4 heterocycles. The Kier molecular flexibility index (Phi) is 11.1. The van der Waals surface area contributed by atoms with Gasteiger partial charge in [-0.2, -0.15) is 5.10 Å². The first-order chi connectivity index (χ1) is 24.4. The topological polar surface area (TPSA) is 128 Å². The van der Waals surface area contributed by atoms with Crippen molar-refractivity contribution >= 4 is 28.7 Å². The summed E-state index contributed by atoms with van der Waals surface area (Å²) in [6.45, 7) is 11.7. The fourth-order valence-corrected chi connectivity index (χ4v) is 7.24. The maximum absolute atomic E-state index is 15.0. The van der Waals surface area contributed by atoms with Crippen LogP contribution in [0.15, 0.2) is 47.3 Å². The van der Waals surface area contributed by atoms with Gasteiger partial charge in [0, 0.05) is 64.2 Å². The molecule has 0 radical (unpaired) electrons. The third kappa shape index (κ3) is 8.75. The smallest absolute Gasteiger partial charge is 0.410 e. The van der Waals surface area contributed by atoms with Crippen LogP contribution in [0.2, 0.25) is 0 Å². The molecule has 0 spiro atoms. The fraction of sp³-hybridized carbons (Fsp3) is 0.553. The number of carbonyl (C=O) groups excluding carboxylic acids is 3. The number of piperidine rings is 2. The summed E-state index contributed by atoms with van der Waals surface area (Å²) in [6, 6.07) is 11.3. The second kappa shape index (κ2) is 15.5. The Hall–Kier alpha value is -4.36. The quantitative estimate of drug-likeness (QED) is 0.388. The van der Waals surface area contributed by atoms with Crippen molar-refractivity contribution in [1.82, 2.24) is 29.8 Å². The SMILES string of the molecule is CC(C(=O)N1CCN(C(=O)c2cc(Cc3n[nH]c(=O)c4ccccc34)ccc2F)CC1)N1CCC(OC2CCN(C(=O)OC(C)(C)C)CC2)CC1. The normalized spacial score (nSPS) is 19.0. The van der Waals surface area contributed by atoms with Crippen molar-refractivity contribution in [3.63, 3.8) is 0 Å². The molecule has 2 aromatic carbocycles. The molecule has 6 rings (SSSR count). The average molecular weight is 705 g/mol. The molecule has 1 aromatic heterocycles. The lowest BCUT2D eigenvalue weighted by atomic mass is 10.0. The van der Waals surface area contributed by atoms with Gasteiger partial charge in [-0.25, -0.2) is 14.3 Å². The van der Waals surface area contributed by atoms with Crippen LogP contribution in [-0.4, -0.2) is 124 Å². The number of aromatic nitrogens is 2. The lowest BCUT2D eigenvalue weighted by Crippen LogP contribution is -2.56. The van der Waals surface area contributed by atoms with E-state index in [1.165, 1.54) is 6.07 Å². The van der Waals surface area contributed by atoms with Gasteiger partial charge in [0.2, 0.25) is 5.91 Å². The van der Waals surface area contributed by atoms with Gasteiger partial charge in [0.1, 0.15) is 11.4 Å². The van der Waals surface area contributed by atoms with Crippen LogP contribution in [0.4, 0.5) is 9.18 Å². The Morgan fingerprint density at radius 1 is 0.863 bits per heavy atom. The zero-order valence-corrected chi connectivity index (χ0v) is 30.0. The van der Waals surface area contributed by atoms with Crippen molar-refractivity contribution in [3.8, 4) is 0 Å². The van der Waals surface area contributed by atoms with Gasteiger partial charge in [-0.3, -0.25) is 19.3 Å². The maximum Gasteiger partial charge on any atom is 0.410 e. The summed E-state index contributed by atoms with van der Waals surface area (Å²) in [5, 5.41) is 7.97. The van der Waals surface area contributed by atoms with Crippen LogP contribution in [0.3, 0.4) is 0 Å². The second-order valence-electron chi connectivity index (χ2n) is 14.9. The summed E-state index contributed by atoms with van der Waals surface area (Å²) in [7, 11) is 0. The minimum Gasteiger partial charge on any atom is -0.444 e. The van der Waals surface area contributed by atoms with Crippen LogP contribution in [0, 0.1) is 5.82 Å². The van der Waals surface area contributed by atoms with E-state index in [-0.39, 0.29) is 41.4 Å². The third-order valence-corrected chi connectivity index (χ3v) is 10.1. The lowest BCUT2D eigenvalue weighted by Gasteiger charge is -2.41. The fourth-order valence-electron chi connectivity index (χ4n) is 7.24. The number of halogens is 1. The van der Waals surface area contributed by atoms with Gasteiger partial charge in [0.25, 0.3) is 11.5 Å². The number of benzene rings is 2. The number of hydrogen-bond donors (Lipinski definition) is 1. The molecule has 3 aliphatic heterocycles. The van der Waals surface area contributed by atoms with E-state index >= 15 is 0 Å². The molecule has 1 atom stereocenters. The Morgan fingerprint density at radius 3 is 2.12 bits per heavy atom. The summed E-state index contributed by atoms with van der Waals surface area (Å²) in [5.74, 6) is -0.982. The van der Waals surface area contributed by atoms with E-state index in [4.69, 9.17) is 9.47 Å². The Bertz CT molecular complexity index is 1790. The van der Waals surface area contributed by atoms with Crippen LogP contribution in [0.25, 0.3) is 10.8 Å². The summed E-state index contributed by atoms with van der Waals surface area (Å²) >= 11 is 0. The predicted molar refractivity (Wildman–Crippen MR) is 190 cm³/mol. The molecule has 0 saturated carbocycles. The predicted octanol–water partition coefficient (Wildman–Crippen LogP) is 4.21. The summed E-state index contributed by atoms with van der Waals surface area (Å²) in [5.41, 5.74) is 0.517. The van der Waals surface area contributed by atoms with Gasteiger partial charge in [-0.15, -0.1) is 0 Å². The summed E-state index contributed by atoms with van der Waals surface area (Å²) < 4.78 is 26.9. The molecule has 13 heteroatoms. The molecule has 3 saturated heterocycles. The van der Waals surface area contributed by atoms with E-state index < -0.39 is 17.3 Å². The van der Waals surface area contributed by atoms with Crippen LogP contribution in [-0.2, 0) is 20.7 Å². The number of piperazine rings is 1. The second-order valence-corrected chi connectivity index (χ2v) is 14.9. The molecular formula is C38H49FN6O6. The van der Waals surface area contributed by atoms with Gasteiger partial charge in [-0.1, -0.05) is 24.3 Å². The monoisotopic (exact) mass is 704 g/mol. The van der Waals surface area contributed by atoms with Crippen molar-refractivity contribution in [1.29, 1.82) is 0 Å². The number of amides is 3. The van der Waals surface area contributed by atoms with Gasteiger partial charge in [0.15, 0.2) is 0 Å². The molecule has 0 aliphatic carbocycles. The van der Waals surface area contributed by atoms with E-state index in [2.05, 4.69) is 15.1 Å². The van der Waals surface area contributed by atoms with Crippen molar-refractivity contribution < 1.29 is 28.2 Å². The molecule has 3 aromatic rings. The maximum atomic E-state index is 15.0. The van der Waals surface area contributed by atoms with Crippen molar-refractivity contribution in [2.75, 3.05) is 52.4 Å². The number of carbonyl (C=O) groups is 3. The number of nitrogens with one attached hydrogen (secondary N) is 1. The number of hydrogen-bond acceptors (Lipinski definition) is 8. The van der Waals surface area contributed by atoms with E-state index in [9.17, 15) is 23.6 Å². The molecule has 1 unspecified atom stereocenters. The van der Waals surface area contributed by atoms with Gasteiger partial charge >= 0.3 is 6.09 Å². The standard InChI is InChI=1S/C38H49FN6O6/c1-25(42-15-11-27(12-16-42)50-28-13-17-45(18-14-28)37(49)51-38(2,3)4)35(47)43-19-21-44(22-20-43)36(48)31-23-26(9-10-32(31)39)24-33-29-7-5-6-8-30(29)34(46)41-40-33/h5-10,23,25,27-28H,11-22,24H2,1-4H3,(H,41,46). The first-order valence-corrected chi connectivity index (χ1v) is 18.1. The average Bonchev–Trinajstić information content (AvgIpc) is 3.13. The number of nitrogens with zero attached hydrogens (tertiary/aromatic N) is 5. The molecular weight excluding hydrogens is 655 g/mol. The van der Waals surface area contributed by atoms with E-state index in [0.717, 1.165) is 38.8 Å². The molecule has 3 amide bonds. The van der Waals surface area contributed by atoms with Gasteiger partial charge in [-0.05, 0) is 77.1 Å². The minimum absolute atomic E-state index is 0.0203. The largest absolute Gasteiger partial charge is 0.444 e. The highest BCUT2D eigenvalue weighted by Crippen LogP contribution is 2.25. The molecule has 51 heavy (non-hydrogen) atoms.